The molecule has 0 bridgehead atoms. The van der Waals surface area contributed by atoms with Gasteiger partial charge in [-0.05, 0) is 42.9 Å². The first-order valence-electron chi connectivity index (χ1n) is 5.15. The smallest absolute Gasteiger partial charge is 0.306 e. The third-order valence-corrected chi connectivity index (χ3v) is 3.38. The average Bonchev–Trinajstić information content (AvgIpc) is 2.68. The summed E-state index contributed by atoms with van der Waals surface area (Å²) in [5, 5.41) is 9.63. The summed E-state index contributed by atoms with van der Waals surface area (Å²) in [6.45, 7) is 0. The van der Waals surface area contributed by atoms with Gasteiger partial charge in [-0.2, -0.15) is 0 Å². The van der Waals surface area contributed by atoms with Crippen LogP contribution in [0.3, 0.4) is 0 Å². The van der Waals surface area contributed by atoms with Crippen molar-refractivity contribution in [2.24, 2.45) is 5.92 Å². The van der Waals surface area contributed by atoms with Crippen molar-refractivity contribution in [3.63, 3.8) is 0 Å². The Labute approximate surface area is 93.9 Å². The van der Waals surface area contributed by atoms with Gasteiger partial charge in [-0.15, -0.1) is 0 Å². The molecule has 2 atom stereocenters. The van der Waals surface area contributed by atoms with E-state index in [4.69, 9.17) is 16.7 Å². The number of rotatable bonds is 2. The number of hydrogen-bond acceptors (Lipinski definition) is 1. The van der Waals surface area contributed by atoms with Gasteiger partial charge in [0.1, 0.15) is 0 Å². The average molecular weight is 225 g/mol. The summed E-state index contributed by atoms with van der Waals surface area (Å²) in [4.78, 5) is 10.8. The molecule has 1 fully saturated rings. The Hall–Kier alpha value is -1.02. The van der Waals surface area contributed by atoms with E-state index >= 15 is 0 Å². The molecule has 0 unspecified atom stereocenters. The van der Waals surface area contributed by atoms with E-state index in [0.717, 1.165) is 24.3 Å². The van der Waals surface area contributed by atoms with Gasteiger partial charge in [-0.1, -0.05) is 23.7 Å². The number of halogens is 1. The first-order chi connectivity index (χ1) is 7.16. The highest BCUT2D eigenvalue weighted by atomic mass is 35.5. The molecule has 0 saturated heterocycles. The maximum Gasteiger partial charge on any atom is 0.306 e. The molecule has 1 aliphatic rings. The van der Waals surface area contributed by atoms with Crippen LogP contribution in [0.15, 0.2) is 24.3 Å². The molecule has 80 valence electrons. The van der Waals surface area contributed by atoms with Crippen LogP contribution in [-0.4, -0.2) is 11.1 Å². The molecule has 1 N–H and O–H groups in total. The van der Waals surface area contributed by atoms with Crippen LogP contribution in [0, 0.1) is 5.92 Å². The van der Waals surface area contributed by atoms with Crippen molar-refractivity contribution in [1.82, 2.24) is 0 Å². The van der Waals surface area contributed by atoms with Gasteiger partial charge in [-0.25, -0.2) is 0 Å². The molecule has 0 aliphatic heterocycles. The van der Waals surface area contributed by atoms with E-state index in [9.17, 15) is 4.79 Å². The second-order valence-corrected chi connectivity index (χ2v) is 4.53. The minimum Gasteiger partial charge on any atom is -0.481 e. The lowest BCUT2D eigenvalue weighted by molar-refractivity contribution is -0.141. The quantitative estimate of drug-likeness (QED) is 0.837. The molecule has 1 aromatic rings. The van der Waals surface area contributed by atoms with Gasteiger partial charge < -0.3 is 5.11 Å². The minimum atomic E-state index is -0.661. The molecule has 0 radical (unpaired) electrons. The van der Waals surface area contributed by atoms with Gasteiger partial charge in [0.15, 0.2) is 0 Å². The lowest BCUT2D eigenvalue weighted by Crippen LogP contribution is -2.09. The van der Waals surface area contributed by atoms with Gasteiger partial charge in [0, 0.05) is 5.02 Å². The number of aliphatic carboxylic acids is 1. The Morgan fingerprint density at radius 2 is 1.93 bits per heavy atom. The highest BCUT2D eigenvalue weighted by Gasteiger charge is 2.30. The fourth-order valence-electron chi connectivity index (χ4n) is 2.24. The maximum atomic E-state index is 10.8. The molecular formula is C12H13ClO2. The molecule has 2 rings (SSSR count). The largest absolute Gasteiger partial charge is 0.481 e. The third kappa shape index (κ3) is 2.32. The predicted octanol–water partition coefficient (Wildman–Crippen LogP) is 3.31. The normalized spacial score (nSPS) is 25.4. The van der Waals surface area contributed by atoms with Gasteiger partial charge in [0.2, 0.25) is 0 Å². The van der Waals surface area contributed by atoms with Crippen molar-refractivity contribution in [3.05, 3.63) is 34.9 Å². The van der Waals surface area contributed by atoms with Crippen molar-refractivity contribution >= 4 is 17.6 Å². The minimum absolute atomic E-state index is 0.161. The van der Waals surface area contributed by atoms with E-state index in [0.29, 0.717) is 5.92 Å². The fourth-order valence-corrected chi connectivity index (χ4v) is 2.37. The Morgan fingerprint density at radius 3 is 2.47 bits per heavy atom. The van der Waals surface area contributed by atoms with E-state index in [2.05, 4.69) is 0 Å². The second-order valence-electron chi connectivity index (χ2n) is 4.10. The number of hydrogen-bond donors (Lipinski definition) is 1. The SMILES string of the molecule is O=C(O)[C@H]1CC[C@@H](c2ccc(Cl)cc2)C1. The number of benzene rings is 1. The molecule has 3 heteroatoms. The van der Waals surface area contributed by atoms with Gasteiger partial charge in [0.05, 0.1) is 5.92 Å². The summed E-state index contributed by atoms with van der Waals surface area (Å²) in [7, 11) is 0. The summed E-state index contributed by atoms with van der Waals surface area (Å²) >= 11 is 5.80. The number of carboxylic acid groups (broad SMARTS) is 1. The zero-order valence-corrected chi connectivity index (χ0v) is 9.07. The lowest BCUT2D eigenvalue weighted by atomic mass is 9.96. The molecule has 1 aliphatic carbocycles. The molecule has 15 heavy (non-hydrogen) atoms. The van der Waals surface area contributed by atoms with Crippen LogP contribution < -0.4 is 0 Å². The Bertz CT molecular complexity index is 358. The van der Waals surface area contributed by atoms with E-state index in [1.165, 1.54) is 5.56 Å². The highest BCUT2D eigenvalue weighted by molar-refractivity contribution is 6.30. The van der Waals surface area contributed by atoms with Crippen molar-refractivity contribution in [2.75, 3.05) is 0 Å². The van der Waals surface area contributed by atoms with Crippen LogP contribution >= 0.6 is 11.6 Å². The number of carboxylic acids is 1. The molecule has 1 saturated carbocycles. The van der Waals surface area contributed by atoms with E-state index in [-0.39, 0.29) is 5.92 Å². The van der Waals surface area contributed by atoms with Crippen LogP contribution in [0.5, 0.6) is 0 Å². The third-order valence-electron chi connectivity index (χ3n) is 3.12. The molecular weight excluding hydrogens is 212 g/mol. The predicted molar refractivity (Wildman–Crippen MR) is 59.2 cm³/mol. The Morgan fingerprint density at radius 1 is 1.27 bits per heavy atom. The van der Waals surface area contributed by atoms with Crippen LogP contribution in [0.2, 0.25) is 5.02 Å². The number of carbonyl (C=O) groups is 1. The molecule has 0 amide bonds. The summed E-state index contributed by atoms with van der Waals surface area (Å²) in [6, 6.07) is 7.73. The zero-order chi connectivity index (χ0) is 10.8. The van der Waals surface area contributed by atoms with Crippen molar-refractivity contribution in [2.45, 2.75) is 25.2 Å². The van der Waals surface area contributed by atoms with Crippen molar-refractivity contribution < 1.29 is 9.90 Å². The van der Waals surface area contributed by atoms with Crippen LogP contribution in [-0.2, 0) is 4.79 Å². The maximum absolute atomic E-state index is 10.8. The Kier molecular flexibility index (Phi) is 2.96. The van der Waals surface area contributed by atoms with Crippen LogP contribution in [0.1, 0.15) is 30.7 Å². The lowest BCUT2D eigenvalue weighted by Gasteiger charge is -2.09. The molecule has 1 aromatic carbocycles. The van der Waals surface area contributed by atoms with E-state index in [1.807, 2.05) is 24.3 Å². The van der Waals surface area contributed by atoms with Crippen molar-refractivity contribution in [1.29, 1.82) is 0 Å². The van der Waals surface area contributed by atoms with Gasteiger partial charge >= 0.3 is 5.97 Å². The molecule has 0 spiro atoms. The Balaban J connectivity index is 2.07. The van der Waals surface area contributed by atoms with Crippen LogP contribution in [0.4, 0.5) is 0 Å². The molecule has 0 heterocycles. The first-order valence-corrected chi connectivity index (χ1v) is 5.53. The summed E-state index contributed by atoms with van der Waals surface area (Å²) in [6.07, 6.45) is 2.53. The topological polar surface area (TPSA) is 37.3 Å². The second kappa shape index (κ2) is 4.23. The van der Waals surface area contributed by atoms with Crippen LogP contribution in [0.25, 0.3) is 0 Å². The molecule has 0 aromatic heterocycles. The summed E-state index contributed by atoms with van der Waals surface area (Å²) < 4.78 is 0. The van der Waals surface area contributed by atoms with E-state index < -0.39 is 5.97 Å². The molecule has 2 nitrogen and oxygen atoms in total. The fraction of sp³-hybridized carbons (Fsp3) is 0.417. The van der Waals surface area contributed by atoms with Crippen molar-refractivity contribution in [3.8, 4) is 0 Å². The van der Waals surface area contributed by atoms with Gasteiger partial charge in [-0.3, -0.25) is 4.79 Å². The zero-order valence-electron chi connectivity index (χ0n) is 8.32. The highest BCUT2D eigenvalue weighted by Crippen LogP contribution is 2.38. The standard InChI is InChI=1S/C12H13ClO2/c13-11-5-3-8(4-6-11)9-1-2-10(7-9)12(14)15/h3-6,9-10H,1-2,7H2,(H,14,15)/t9-,10+/m1/s1. The van der Waals surface area contributed by atoms with E-state index in [1.54, 1.807) is 0 Å². The monoisotopic (exact) mass is 224 g/mol. The van der Waals surface area contributed by atoms with Gasteiger partial charge in [0.25, 0.3) is 0 Å². The summed E-state index contributed by atoms with van der Waals surface area (Å²) in [5.74, 6) is -0.430. The summed E-state index contributed by atoms with van der Waals surface area (Å²) in [5.41, 5.74) is 1.21. The first kappa shape index (κ1) is 10.5.